The molecule has 1 aromatic carbocycles. The van der Waals surface area contributed by atoms with Crippen molar-refractivity contribution in [3.05, 3.63) is 29.1 Å². The Morgan fingerprint density at radius 1 is 1.47 bits per heavy atom. The van der Waals surface area contributed by atoms with E-state index in [1.807, 2.05) is 0 Å². The zero-order valence-corrected chi connectivity index (χ0v) is 8.97. The molecule has 0 aliphatic heterocycles. The first-order chi connectivity index (χ1) is 6.91. The van der Waals surface area contributed by atoms with E-state index in [0.717, 1.165) is 6.07 Å². The van der Waals surface area contributed by atoms with Crippen LogP contribution in [-0.4, -0.2) is 17.1 Å². The van der Waals surface area contributed by atoms with Crippen molar-refractivity contribution < 1.29 is 14.3 Å². The Kier molecular flexibility index (Phi) is 3.29. The third-order valence-electron chi connectivity index (χ3n) is 1.95. The molecule has 0 aliphatic carbocycles. The highest BCUT2D eigenvalue weighted by Gasteiger charge is 2.14. The van der Waals surface area contributed by atoms with Crippen molar-refractivity contribution >= 4 is 5.91 Å². The number of hydrogen-bond acceptors (Lipinski definition) is 2. The lowest BCUT2D eigenvalue weighted by Crippen LogP contribution is -2.30. The van der Waals surface area contributed by atoms with Crippen molar-refractivity contribution in [3.63, 3.8) is 0 Å². The van der Waals surface area contributed by atoms with E-state index in [1.54, 1.807) is 20.8 Å². The van der Waals surface area contributed by atoms with Gasteiger partial charge in [-0.1, -0.05) is 0 Å². The first-order valence-electron chi connectivity index (χ1n) is 4.71. The summed E-state index contributed by atoms with van der Waals surface area (Å²) in [5.41, 5.74) is 0.435. The fourth-order valence-electron chi connectivity index (χ4n) is 1.18. The third-order valence-corrected chi connectivity index (χ3v) is 1.95. The van der Waals surface area contributed by atoms with Gasteiger partial charge in [0.05, 0.1) is 5.56 Å². The smallest absolute Gasteiger partial charge is 0.254 e. The fraction of sp³-hybridized carbons (Fsp3) is 0.364. The van der Waals surface area contributed by atoms with Crippen LogP contribution in [0.1, 0.15) is 29.8 Å². The molecule has 0 aliphatic rings. The summed E-state index contributed by atoms with van der Waals surface area (Å²) < 4.78 is 13.3. The third kappa shape index (κ3) is 2.68. The molecule has 1 amide bonds. The summed E-state index contributed by atoms with van der Waals surface area (Å²) in [7, 11) is 0. The van der Waals surface area contributed by atoms with Gasteiger partial charge in [0.25, 0.3) is 5.91 Å². The lowest BCUT2D eigenvalue weighted by molar-refractivity contribution is 0.0939. The highest BCUT2D eigenvalue weighted by atomic mass is 19.1. The minimum atomic E-state index is -0.712. The molecule has 0 radical (unpaired) electrons. The molecule has 0 saturated heterocycles. The van der Waals surface area contributed by atoms with E-state index >= 15 is 0 Å². The normalized spacial score (nSPS) is 10.5. The van der Waals surface area contributed by atoms with Crippen molar-refractivity contribution in [2.24, 2.45) is 0 Å². The first-order valence-corrected chi connectivity index (χ1v) is 4.71. The Balaban J connectivity index is 3.04. The number of amides is 1. The van der Waals surface area contributed by atoms with Gasteiger partial charge in [0.1, 0.15) is 11.6 Å². The highest BCUT2D eigenvalue weighted by molar-refractivity contribution is 5.95. The zero-order chi connectivity index (χ0) is 11.6. The molecule has 0 atom stereocenters. The van der Waals surface area contributed by atoms with Gasteiger partial charge in [-0.2, -0.15) is 0 Å². The molecule has 4 heteroatoms. The van der Waals surface area contributed by atoms with E-state index < -0.39 is 11.7 Å². The molecule has 0 heterocycles. The van der Waals surface area contributed by atoms with Crippen molar-refractivity contribution in [2.45, 2.75) is 26.8 Å². The summed E-state index contributed by atoms with van der Waals surface area (Å²) in [6, 6.07) is 2.23. The Labute approximate surface area is 87.9 Å². The molecule has 1 aromatic rings. The SMILES string of the molecule is Cc1cc(C(=O)NC(C)C)c(F)cc1O. The average molecular weight is 211 g/mol. The predicted molar refractivity (Wildman–Crippen MR) is 55.4 cm³/mol. The summed E-state index contributed by atoms with van der Waals surface area (Å²) in [6.07, 6.45) is 0. The van der Waals surface area contributed by atoms with Gasteiger partial charge in [-0.25, -0.2) is 4.39 Å². The molecule has 0 aromatic heterocycles. The molecule has 0 fully saturated rings. The molecule has 0 bridgehead atoms. The van der Waals surface area contributed by atoms with Gasteiger partial charge in [0.2, 0.25) is 0 Å². The molecule has 2 N–H and O–H groups in total. The topological polar surface area (TPSA) is 49.3 Å². The number of aromatic hydroxyl groups is 1. The molecule has 0 spiro atoms. The van der Waals surface area contributed by atoms with Crippen LogP contribution in [0.3, 0.4) is 0 Å². The van der Waals surface area contributed by atoms with Crippen LogP contribution in [0.25, 0.3) is 0 Å². The Hall–Kier alpha value is -1.58. The minimum absolute atomic E-state index is 0.0426. The van der Waals surface area contributed by atoms with E-state index in [4.69, 9.17) is 0 Å². The summed E-state index contributed by atoms with van der Waals surface area (Å²) in [5.74, 6) is -1.32. The van der Waals surface area contributed by atoms with Crippen molar-refractivity contribution in [3.8, 4) is 5.75 Å². The van der Waals surface area contributed by atoms with Gasteiger partial charge < -0.3 is 10.4 Å². The number of nitrogens with one attached hydrogen (secondary N) is 1. The summed E-state index contributed by atoms with van der Waals surface area (Å²) in [5, 5.41) is 11.8. The molecule has 3 nitrogen and oxygen atoms in total. The van der Waals surface area contributed by atoms with Gasteiger partial charge >= 0.3 is 0 Å². The van der Waals surface area contributed by atoms with E-state index in [9.17, 15) is 14.3 Å². The summed E-state index contributed by atoms with van der Waals surface area (Å²) in [6.45, 7) is 5.20. The van der Waals surface area contributed by atoms with Gasteiger partial charge in [-0.05, 0) is 32.4 Å². The number of halogens is 1. The monoisotopic (exact) mass is 211 g/mol. The molecule has 0 saturated carbocycles. The number of rotatable bonds is 2. The van der Waals surface area contributed by atoms with E-state index in [1.165, 1.54) is 6.07 Å². The summed E-state index contributed by atoms with van der Waals surface area (Å²) in [4.78, 5) is 11.5. The van der Waals surface area contributed by atoms with Crippen molar-refractivity contribution in [1.82, 2.24) is 5.32 Å². The quantitative estimate of drug-likeness (QED) is 0.785. The largest absolute Gasteiger partial charge is 0.508 e. The van der Waals surface area contributed by atoms with Crippen LogP contribution in [0.4, 0.5) is 4.39 Å². The second-order valence-electron chi connectivity index (χ2n) is 3.75. The second kappa shape index (κ2) is 4.29. The van der Waals surface area contributed by atoms with Crippen LogP contribution in [0, 0.1) is 12.7 Å². The molecule has 1 rings (SSSR count). The van der Waals surface area contributed by atoms with Crippen molar-refractivity contribution in [1.29, 1.82) is 0 Å². The van der Waals surface area contributed by atoms with Crippen LogP contribution in [0.5, 0.6) is 5.75 Å². The zero-order valence-electron chi connectivity index (χ0n) is 8.97. The van der Waals surface area contributed by atoms with Crippen LogP contribution < -0.4 is 5.32 Å². The van der Waals surface area contributed by atoms with Crippen molar-refractivity contribution in [2.75, 3.05) is 0 Å². The fourth-order valence-corrected chi connectivity index (χ4v) is 1.18. The number of benzene rings is 1. The Morgan fingerprint density at radius 3 is 2.60 bits per heavy atom. The van der Waals surface area contributed by atoms with Gasteiger partial charge in [-0.3, -0.25) is 4.79 Å². The number of phenolic OH excluding ortho intramolecular Hbond substituents is 1. The van der Waals surface area contributed by atoms with Crippen LogP contribution in [-0.2, 0) is 0 Å². The standard InChI is InChI=1S/C11H14FNO2/c1-6(2)13-11(15)8-4-7(3)10(14)5-9(8)12/h4-6,14H,1-3H3,(H,13,15). The second-order valence-corrected chi connectivity index (χ2v) is 3.75. The van der Waals surface area contributed by atoms with Crippen LogP contribution in [0.2, 0.25) is 0 Å². The number of aryl methyl sites for hydroxylation is 1. The highest BCUT2D eigenvalue weighted by Crippen LogP contribution is 2.20. The van der Waals surface area contributed by atoms with Gasteiger partial charge in [-0.15, -0.1) is 0 Å². The first kappa shape index (κ1) is 11.5. The Morgan fingerprint density at radius 2 is 2.07 bits per heavy atom. The molecule has 82 valence electrons. The maximum absolute atomic E-state index is 13.3. The predicted octanol–water partition coefficient (Wildman–Crippen LogP) is 1.98. The molecule has 15 heavy (non-hydrogen) atoms. The van der Waals surface area contributed by atoms with E-state index in [2.05, 4.69) is 5.32 Å². The molecular weight excluding hydrogens is 197 g/mol. The number of carbonyl (C=O) groups excluding carboxylic acids is 1. The summed E-state index contributed by atoms with van der Waals surface area (Å²) >= 11 is 0. The number of carbonyl (C=O) groups is 1. The van der Waals surface area contributed by atoms with Crippen LogP contribution in [0.15, 0.2) is 12.1 Å². The van der Waals surface area contributed by atoms with Gasteiger partial charge in [0.15, 0.2) is 0 Å². The van der Waals surface area contributed by atoms with E-state index in [0.29, 0.717) is 5.56 Å². The van der Waals surface area contributed by atoms with E-state index in [-0.39, 0.29) is 17.4 Å². The number of phenols is 1. The lowest BCUT2D eigenvalue weighted by Gasteiger charge is -2.10. The maximum atomic E-state index is 13.3. The Bertz CT molecular complexity index is 388. The minimum Gasteiger partial charge on any atom is -0.508 e. The number of hydrogen-bond donors (Lipinski definition) is 2. The average Bonchev–Trinajstić information content (AvgIpc) is 2.09. The van der Waals surface area contributed by atoms with Crippen LogP contribution >= 0.6 is 0 Å². The lowest BCUT2D eigenvalue weighted by atomic mass is 10.1. The van der Waals surface area contributed by atoms with Gasteiger partial charge in [0, 0.05) is 12.1 Å². The maximum Gasteiger partial charge on any atom is 0.254 e. The molecular formula is C11H14FNO2. The molecule has 0 unspecified atom stereocenters.